The third kappa shape index (κ3) is 2.86. The van der Waals surface area contributed by atoms with Crippen LogP contribution >= 0.6 is 27.5 Å². The molecule has 1 atom stereocenters. The van der Waals surface area contributed by atoms with Crippen LogP contribution in [-0.2, 0) is 6.42 Å². The van der Waals surface area contributed by atoms with Crippen molar-refractivity contribution in [3.63, 3.8) is 0 Å². The third-order valence-corrected chi connectivity index (χ3v) is 5.37. The van der Waals surface area contributed by atoms with Gasteiger partial charge in [-0.25, -0.2) is 9.97 Å². The lowest BCUT2D eigenvalue weighted by Crippen LogP contribution is -2.15. The van der Waals surface area contributed by atoms with Crippen molar-refractivity contribution >= 4 is 27.5 Å². The molecule has 21 heavy (non-hydrogen) atoms. The monoisotopic (exact) mass is 364 g/mol. The lowest BCUT2D eigenvalue weighted by atomic mass is 9.82. The Bertz CT molecular complexity index is 670. The van der Waals surface area contributed by atoms with Gasteiger partial charge in [-0.15, -0.1) is 0 Å². The summed E-state index contributed by atoms with van der Waals surface area (Å²) in [4.78, 5) is 9.36. The predicted molar refractivity (Wildman–Crippen MR) is 90.1 cm³/mol. The molecule has 1 aromatic carbocycles. The quantitative estimate of drug-likeness (QED) is 0.658. The molecule has 0 saturated heterocycles. The Balaban J connectivity index is 2.10. The molecule has 2 nitrogen and oxygen atoms in total. The first kappa shape index (κ1) is 15.0. The maximum absolute atomic E-state index is 6.31. The molecule has 4 heteroatoms. The van der Waals surface area contributed by atoms with Crippen LogP contribution in [0, 0.1) is 0 Å². The van der Waals surface area contributed by atoms with E-state index in [1.807, 2.05) is 0 Å². The van der Waals surface area contributed by atoms with E-state index in [0.29, 0.717) is 11.1 Å². The van der Waals surface area contributed by atoms with Crippen molar-refractivity contribution in [2.45, 2.75) is 44.9 Å². The predicted octanol–water partition coefficient (Wildman–Crippen LogP) is 5.48. The van der Waals surface area contributed by atoms with Gasteiger partial charge in [0.2, 0.25) is 0 Å². The Morgan fingerprint density at radius 3 is 2.76 bits per heavy atom. The summed E-state index contributed by atoms with van der Waals surface area (Å²) >= 11 is 9.83. The molecule has 1 unspecified atom stereocenters. The molecule has 0 saturated carbocycles. The number of halogens is 2. The van der Waals surface area contributed by atoms with Crippen LogP contribution in [0.3, 0.4) is 0 Å². The largest absolute Gasteiger partial charge is 0.236 e. The highest BCUT2D eigenvalue weighted by molar-refractivity contribution is 9.10. The van der Waals surface area contributed by atoms with Gasteiger partial charge in [0.05, 0.1) is 10.2 Å². The van der Waals surface area contributed by atoms with Crippen molar-refractivity contribution in [3.05, 3.63) is 56.5 Å². The Labute approximate surface area is 139 Å². The van der Waals surface area contributed by atoms with E-state index in [9.17, 15) is 0 Å². The number of aryl methyl sites for hydroxylation is 1. The minimum Gasteiger partial charge on any atom is -0.236 e. The average Bonchev–Trinajstić information content (AvgIpc) is 2.49. The molecule has 0 bridgehead atoms. The topological polar surface area (TPSA) is 25.8 Å². The third-order valence-electron chi connectivity index (χ3n) is 4.08. The van der Waals surface area contributed by atoms with Crippen molar-refractivity contribution in [1.29, 1.82) is 0 Å². The van der Waals surface area contributed by atoms with E-state index >= 15 is 0 Å². The Morgan fingerprint density at radius 2 is 2.00 bits per heavy atom. The van der Waals surface area contributed by atoms with Crippen LogP contribution in [0.1, 0.15) is 61.2 Å². The van der Waals surface area contributed by atoms with Gasteiger partial charge in [0.15, 0.2) is 0 Å². The zero-order valence-electron chi connectivity index (χ0n) is 12.2. The van der Waals surface area contributed by atoms with Gasteiger partial charge in [-0.2, -0.15) is 0 Å². The number of nitrogens with zero attached hydrogens (tertiary/aromatic N) is 2. The maximum atomic E-state index is 6.31. The second-order valence-corrected chi connectivity index (χ2v) is 7.02. The molecule has 0 fully saturated rings. The molecular weight excluding hydrogens is 348 g/mol. The molecule has 2 aromatic rings. The highest BCUT2D eigenvalue weighted by atomic mass is 79.9. The van der Waals surface area contributed by atoms with Gasteiger partial charge in [-0.3, -0.25) is 0 Å². The Hall–Kier alpha value is -0.930. The summed E-state index contributed by atoms with van der Waals surface area (Å²) in [7, 11) is 0. The minimum atomic E-state index is 0.262. The molecule has 3 rings (SSSR count). The fourth-order valence-corrected chi connectivity index (χ4v) is 3.83. The molecule has 0 amide bonds. The van der Waals surface area contributed by atoms with Crippen molar-refractivity contribution < 1.29 is 0 Å². The van der Waals surface area contributed by atoms with Crippen molar-refractivity contribution in [3.8, 4) is 0 Å². The van der Waals surface area contributed by atoms with Gasteiger partial charge < -0.3 is 0 Å². The average molecular weight is 366 g/mol. The van der Waals surface area contributed by atoms with Gasteiger partial charge in [0.25, 0.3) is 0 Å². The van der Waals surface area contributed by atoms with Gasteiger partial charge in [-0.05, 0) is 52.2 Å². The fourth-order valence-electron chi connectivity index (χ4n) is 3.01. The second kappa shape index (κ2) is 6.05. The summed E-state index contributed by atoms with van der Waals surface area (Å²) in [6, 6.07) is 8.62. The summed E-state index contributed by atoms with van der Waals surface area (Å²) in [5.41, 5.74) is 3.77. The highest BCUT2D eigenvalue weighted by Gasteiger charge is 2.25. The minimum absolute atomic E-state index is 0.262. The van der Waals surface area contributed by atoms with E-state index in [0.717, 1.165) is 28.8 Å². The smallest absolute Gasteiger partial charge is 0.147 e. The van der Waals surface area contributed by atoms with Gasteiger partial charge >= 0.3 is 0 Å². The van der Waals surface area contributed by atoms with E-state index in [4.69, 9.17) is 16.6 Å². The fraction of sp³-hybridized carbons (Fsp3) is 0.412. The molecular formula is C17H18BrClN2. The van der Waals surface area contributed by atoms with Crippen LogP contribution in [0.2, 0.25) is 5.15 Å². The Kier molecular flexibility index (Phi) is 4.32. The molecule has 0 radical (unpaired) electrons. The van der Waals surface area contributed by atoms with Gasteiger partial charge in [0, 0.05) is 5.92 Å². The van der Waals surface area contributed by atoms with Gasteiger partial charge in [-0.1, -0.05) is 49.7 Å². The molecule has 1 aliphatic rings. The number of hydrogen-bond acceptors (Lipinski definition) is 2. The van der Waals surface area contributed by atoms with E-state index in [-0.39, 0.29) is 5.92 Å². The van der Waals surface area contributed by atoms with Crippen LogP contribution in [0.25, 0.3) is 0 Å². The number of fused-ring (bicyclic) bond motifs is 1. The highest BCUT2D eigenvalue weighted by Crippen LogP contribution is 2.37. The first-order chi connectivity index (χ1) is 10.1. The first-order valence-electron chi connectivity index (χ1n) is 7.38. The number of benzene rings is 1. The summed E-state index contributed by atoms with van der Waals surface area (Å²) in [5.74, 6) is 1.44. The molecule has 0 aliphatic heterocycles. The summed E-state index contributed by atoms with van der Waals surface area (Å²) in [5, 5.41) is 0.520. The maximum Gasteiger partial charge on any atom is 0.147 e. The normalized spacial score (nSPS) is 17.9. The summed E-state index contributed by atoms with van der Waals surface area (Å²) in [6.45, 7) is 4.25. The Morgan fingerprint density at radius 1 is 1.24 bits per heavy atom. The summed E-state index contributed by atoms with van der Waals surface area (Å²) < 4.78 is 0.826. The molecule has 1 aromatic heterocycles. The molecule has 0 N–H and O–H groups in total. The van der Waals surface area contributed by atoms with Crippen molar-refractivity contribution in [1.82, 2.24) is 9.97 Å². The standard InChI is InChI=1S/C17H18BrClN2/c1-10(2)15-14(18)16(19)21-17(20-15)13-9-5-7-11-6-3-4-8-12(11)13/h3-4,6,8,10,13H,5,7,9H2,1-2H3. The lowest BCUT2D eigenvalue weighted by molar-refractivity contribution is 0.584. The van der Waals surface area contributed by atoms with E-state index < -0.39 is 0 Å². The van der Waals surface area contributed by atoms with Gasteiger partial charge in [0.1, 0.15) is 11.0 Å². The number of hydrogen-bond donors (Lipinski definition) is 0. The second-order valence-electron chi connectivity index (χ2n) is 5.87. The van der Waals surface area contributed by atoms with Crippen molar-refractivity contribution in [2.75, 3.05) is 0 Å². The van der Waals surface area contributed by atoms with Crippen LogP contribution in [-0.4, -0.2) is 9.97 Å². The van der Waals surface area contributed by atoms with Crippen molar-refractivity contribution in [2.24, 2.45) is 0 Å². The zero-order chi connectivity index (χ0) is 15.0. The molecule has 110 valence electrons. The zero-order valence-corrected chi connectivity index (χ0v) is 14.6. The SMILES string of the molecule is CC(C)c1nc(C2CCCc3ccccc32)nc(Cl)c1Br. The number of rotatable bonds is 2. The van der Waals surface area contributed by atoms with E-state index in [2.05, 4.69) is 59.0 Å². The lowest BCUT2D eigenvalue weighted by Gasteiger charge is -2.25. The molecule has 1 aliphatic carbocycles. The van der Waals surface area contributed by atoms with Crippen LogP contribution in [0.5, 0.6) is 0 Å². The number of aromatic nitrogens is 2. The van der Waals surface area contributed by atoms with Crippen LogP contribution < -0.4 is 0 Å². The van der Waals surface area contributed by atoms with Crippen LogP contribution in [0.4, 0.5) is 0 Å². The van der Waals surface area contributed by atoms with E-state index in [1.54, 1.807) is 0 Å². The molecule has 1 heterocycles. The summed E-state index contributed by atoms with van der Waals surface area (Å²) in [6.07, 6.45) is 3.41. The first-order valence-corrected chi connectivity index (χ1v) is 8.55. The van der Waals surface area contributed by atoms with Crippen LogP contribution in [0.15, 0.2) is 28.7 Å². The van der Waals surface area contributed by atoms with E-state index in [1.165, 1.54) is 17.5 Å². The molecule has 0 spiro atoms.